The summed E-state index contributed by atoms with van der Waals surface area (Å²) in [6.45, 7) is 2.84. The molecule has 0 saturated carbocycles. The van der Waals surface area contributed by atoms with Crippen molar-refractivity contribution in [1.29, 1.82) is 0 Å². The molecule has 0 aliphatic heterocycles. The predicted molar refractivity (Wildman–Crippen MR) is 118 cm³/mol. The molecule has 144 valence electrons. The quantitative estimate of drug-likeness (QED) is 0.516. The van der Waals surface area contributed by atoms with Crippen LogP contribution in [0.5, 0.6) is 0 Å². The third kappa shape index (κ3) is 3.07. The van der Waals surface area contributed by atoms with E-state index in [-0.39, 0.29) is 6.04 Å². The lowest BCUT2D eigenvalue weighted by atomic mass is 9.97. The van der Waals surface area contributed by atoms with Crippen LogP contribution in [0.25, 0.3) is 20.4 Å². The molecule has 3 aromatic heterocycles. The van der Waals surface area contributed by atoms with E-state index >= 15 is 0 Å². The summed E-state index contributed by atoms with van der Waals surface area (Å²) in [6, 6.07) is 8.48. The number of nitrogens with zero attached hydrogens (tertiary/aromatic N) is 4. The van der Waals surface area contributed by atoms with E-state index in [2.05, 4.69) is 42.1 Å². The van der Waals surface area contributed by atoms with Gasteiger partial charge < -0.3 is 5.73 Å². The number of anilines is 1. The zero-order chi connectivity index (χ0) is 19.3. The van der Waals surface area contributed by atoms with E-state index in [0.29, 0.717) is 12.4 Å². The molecule has 0 bridgehead atoms. The molecule has 0 amide bonds. The maximum absolute atomic E-state index is 6.37. The van der Waals surface area contributed by atoms with Crippen molar-refractivity contribution in [1.82, 2.24) is 19.9 Å². The Morgan fingerprint density at radius 2 is 1.93 bits per heavy atom. The van der Waals surface area contributed by atoms with E-state index < -0.39 is 0 Å². The summed E-state index contributed by atoms with van der Waals surface area (Å²) in [7, 11) is 2.10. The minimum absolute atomic E-state index is 0.189. The van der Waals surface area contributed by atoms with Crippen molar-refractivity contribution < 1.29 is 0 Å². The summed E-state index contributed by atoms with van der Waals surface area (Å²) in [5, 5.41) is 2.22. The Bertz CT molecular complexity index is 1130. The molecule has 0 radical (unpaired) electrons. The highest BCUT2D eigenvalue weighted by Crippen LogP contribution is 2.38. The molecule has 2 N–H and O–H groups in total. The molecule has 1 aliphatic rings. The molecule has 0 fully saturated rings. The first kappa shape index (κ1) is 18.0. The summed E-state index contributed by atoms with van der Waals surface area (Å²) in [5.74, 6) is 1.43. The van der Waals surface area contributed by atoms with E-state index in [4.69, 9.17) is 15.7 Å². The number of hydrogen-bond donors (Lipinski definition) is 1. The van der Waals surface area contributed by atoms with Gasteiger partial charge in [0, 0.05) is 4.88 Å². The Labute approximate surface area is 172 Å². The molecule has 4 aromatic rings. The first-order chi connectivity index (χ1) is 13.6. The van der Waals surface area contributed by atoms with Gasteiger partial charge in [-0.15, -0.1) is 22.7 Å². The summed E-state index contributed by atoms with van der Waals surface area (Å²) >= 11 is 3.55. The Balaban J connectivity index is 1.42. The molecule has 0 saturated heterocycles. The van der Waals surface area contributed by atoms with Crippen LogP contribution in [0.4, 0.5) is 5.82 Å². The lowest BCUT2D eigenvalue weighted by Crippen LogP contribution is -2.23. The Morgan fingerprint density at radius 3 is 2.79 bits per heavy atom. The molecule has 5 nitrogen and oxygen atoms in total. The lowest BCUT2D eigenvalue weighted by Gasteiger charge is -2.22. The number of thiophene rings is 1. The smallest absolute Gasteiger partial charge is 0.146 e. The van der Waals surface area contributed by atoms with Crippen molar-refractivity contribution in [3.8, 4) is 0 Å². The Hall–Kier alpha value is -2.09. The highest BCUT2D eigenvalue weighted by molar-refractivity contribution is 7.19. The van der Waals surface area contributed by atoms with Crippen molar-refractivity contribution in [2.45, 2.75) is 45.2 Å². The van der Waals surface area contributed by atoms with Gasteiger partial charge in [0.2, 0.25) is 0 Å². The van der Waals surface area contributed by atoms with Crippen molar-refractivity contribution in [3.63, 3.8) is 0 Å². The SMILES string of the molecule is CC(c1nc2ccccc2s1)N(C)Cc1nc(N)c2c3c(sc2n1)CCCC3. The summed E-state index contributed by atoms with van der Waals surface area (Å²) in [4.78, 5) is 19.1. The van der Waals surface area contributed by atoms with E-state index in [0.717, 1.165) is 39.4 Å². The number of nitrogen functional groups attached to an aromatic ring is 1. The summed E-state index contributed by atoms with van der Waals surface area (Å²) in [5.41, 5.74) is 8.82. The largest absolute Gasteiger partial charge is 0.383 e. The first-order valence-electron chi connectivity index (χ1n) is 9.72. The van der Waals surface area contributed by atoms with Crippen LogP contribution >= 0.6 is 22.7 Å². The fourth-order valence-electron chi connectivity index (χ4n) is 3.92. The fraction of sp³-hybridized carbons (Fsp3) is 0.381. The number of thiazole rings is 1. The zero-order valence-electron chi connectivity index (χ0n) is 16.1. The number of hydrogen-bond acceptors (Lipinski definition) is 7. The third-order valence-electron chi connectivity index (χ3n) is 5.61. The molecular formula is C21H23N5S2. The van der Waals surface area contributed by atoms with Gasteiger partial charge in [-0.05, 0) is 57.4 Å². The van der Waals surface area contributed by atoms with Gasteiger partial charge in [-0.3, -0.25) is 4.90 Å². The standard InChI is InChI=1S/C21H23N5S2/c1-12(20-23-14-8-4-6-10-16(14)28-20)26(2)11-17-24-19(22)18-13-7-3-5-9-15(13)27-21(18)25-17/h4,6,8,10,12H,3,5,7,9,11H2,1-2H3,(H2,22,24,25). The lowest BCUT2D eigenvalue weighted by molar-refractivity contribution is 0.247. The highest BCUT2D eigenvalue weighted by atomic mass is 32.1. The van der Waals surface area contributed by atoms with Gasteiger partial charge in [-0.2, -0.15) is 0 Å². The Morgan fingerprint density at radius 1 is 1.11 bits per heavy atom. The Kier molecular flexibility index (Phi) is 4.53. The van der Waals surface area contributed by atoms with Gasteiger partial charge in [0.15, 0.2) is 0 Å². The van der Waals surface area contributed by atoms with Crippen molar-refractivity contribution in [3.05, 3.63) is 45.5 Å². The average Bonchev–Trinajstić information content (AvgIpc) is 3.28. The second-order valence-electron chi connectivity index (χ2n) is 7.53. The van der Waals surface area contributed by atoms with Crippen LogP contribution in [0.2, 0.25) is 0 Å². The number of benzene rings is 1. The molecular weight excluding hydrogens is 386 g/mol. The molecule has 0 spiro atoms. The zero-order valence-corrected chi connectivity index (χ0v) is 17.7. The van der Waals surface area contributed by atoms with Crippen molar-refractivity contribution in [2.24, 2.45) is 0 Å². The van der Waals surface area contributed by atoms with Crippen LogP contribution in [0, 0.1) is 0 Å². The molecule has 5 rings (SSSR count). The number of nitrogens with two attached hydrogens (primary N) is 1. The molecule has 3 heterocycles. The van der Waals surface area contributed by atoms with E-state index in [1.165, 1.54) is 28.0 Å². The van der Waals surface area contributed by atoms with E-state index in [1.807, 2.05) is 6.07 Å². The number of para-hydroxylation sites is 1. The van der Waals surface area contributed by atoms with Crippen LogP contribution < -0.4 is 5.73 Å². The molecule has 1 unspecified atom stereocenters. The van der Waals surface area contributed by atoms with Crippen LogP contribution in [-0.4, -0.2) is 26.9 Å². The van der Waals surface area contributed by atoms with Crippen LogP contribution in [0.1, 0.15) is 47.1 Å². The maximum Gasteiger partial charge on any atom is 0.146 e. The number of aryl methyl sites for hydroxylation is 2. The van der Waals surface area contributed by atoms with Gasteiger partial charge in [-0.1, -0.05) is 12.1 Å². The molecule has 1 aliphatic carbocycles. The number of aromatic nitrogens is 3. The van der Waals surface area contributed by atoms with Gasteiger partial charge in [0.25, 0.3) is 0 Å². The first-order valence-corrected chi connectivity index (χ1v) is 11.4. The number of rotatable bonds is 4. The second kappa shape index (κ2) is 7.06. The van der Waals surface area contributed by atoms with Gasteiger partial charge in [0.1, 0.15) is 21.5 Å². The van der Waals surface area contributed by atoms with Crippen LogP contribution in [-0.2, 0) is 19.4 Å². The minimum Gasteiger partial charge on any atom is -0.383 e. The molecule has 7 heteroatoms. The summed E-state index contributed by atoms with van der Waals surface area (Å²) in [6.07, 6.45) is 4.77. The van der Waals surface area contributed by atoms with Crippen molar-refractivity contribution >= 4 is 48.9 Å². The van der Waals surface area contributed by atoms with E-state index in [9.17, 15) is 0 Å². The van der Waals surface area contributed by atoms with E-state index in [1.54, 1.807) is 22.7 Å². The topological polar surface area (TPSA) is 67.9 Å². The fourth-order valence-corrected chi connectivity index (χ4v) is 6.29. The molecule has 1 aromatic carbocycles. The molecule has 28 heavy (non-hydrogen) atoms. The molecule has 1 atom stereocenters. The average molecular weight is 410 g/mol. The van der Waals surface area contributed by atoms with Gasteiger partial charge in [0.05, 0.1) is 28.2 Å². The maximum atomic E-state index is 6.37. The van der Waals surface area contributed by atoms with Gasteiger partial charge >= 0.3 is 0 Å². The monoisotopic (exact) mass is 409 g/mol. The van der Waals surface area contributed by atoms with Crippen LogP contribution in [0.3, 0.4) is 0 Å². The van der Waals surface area contributed by atoms with Crippen molar-refractivity contribution in [2.75, 3.05) is 12.8 Å². The third-order valence-corrected chi connectivity index (χ3v) is 8.00. The predicted octanol–water partition coefficient (Wildman–Crippen LogP) is 4.96. The number of fused-ring (bicyclic) bond motifs is 4. The van der Waals surface area contributed by atoms with Gasteiger partial charge in [-0.25, -0.2) is 15.0 Å². The van der Waals surface area contributed by atoms with Crippen LogP contribution in [0.15, 0.2) is 24.3 Å². The second-order valence-corrected chi connectivity index (χ2v) is 9.67. The summed E-state index contributed by atoms with van der Waals surface area (Å²) < 4.78 is 1.23. The highest BCUT2D eigenvalue weighted by Gasteiger charge is 2.22. The normalized spacial score (nSPS) is 15.4. The minimum atomic E-state index is 0.189.